The molecule has 2 aromatic carbocycles. The number of aryl methyl sites for hydroxylation is 1. The minimum atomic E-state index is -4.88. The maximum atomic E-state index is 14.1. The lowest BCUT2D eigenvalue weighted by Gasteiger charge is -2.13. The van der Waals surface area contributed by atoms with E-state index in [4.69, 9.17) is 5.11 Å². The Balaban J connectivity index is 2.68. The Kier molecular flexibility index (Phi) is 3.91. The van der Waals surface area contributed by atoms with Gasteiger partial charge in [0.25, 0.3) is 0 Å². The van der Waals surface area contributed by atoms with Crippen LogP contribution in [0.4, 0.5) is 22.0 Å². The third-order valence-corrected chi connectivity index (χ3v) is 3.14. The second kappa shape index (κ2) is 5.40. The van der Waals surface area contributed by atoms with E-state index in [1.807, 2.05) is 0 Å². The predicted octanol–water partition coefficient (Wildman–Crippen LogP) is 4.66. The first kappa shape index (κ1) is 15.9. The highest BCUT2D eigenvalue weighted by Crippen LogP contribution is 2.36. The van der Waals surface area contributed by atoms with Crippen LogP contribution in [0.15, 0.2) is 30.3 Å². The molecule has 0 radical (unpaired) electrons. The molecule has 2 rings (SSSR count). The maximum absolute atomic E-state index is 14.1. The number of hydrogen-bond acceptors (Lipinski definition) is 1. The first-order valence-corrected chi connectivity index (χ1v) is 6.02. The number of carbonyl (C=O) groups is 1. The highest BCUT2D eigenvalue weighted by Gasteiger charge is 2.35. The fraction of sp³-hybridized carbons (Fsp3) is 0.133. The molecular formula is C15H9F5O2. The standard InChI is InChI=1S/C15H9F5O2/c1-7-5-10(14(21)22)12(16)6-9(7)8-3-2-4-11(13(8)17)15(18,19)20/h2-6H,1H3,(H,21,22). The van der Waals surface area contributed by atoms with Crippen molar-refractivity contribution >= 4 is 5.97 Å². The fourth-order valence-corrected chi connectivity index (χ4v) is 2.09. The topological polar surface area (TPSA) is 37.3 Å². The van der Waals surface area contributed by atoms with Crippen LogP contribution in [-0.2, 0) is 6.18 Å². The van der Waals surface area contributed by atoms with E-state index in [9.17, 15) is 26.7 Å². The molecule has 0 aromatic heterocycles. The van der Waals surface area contributed by atoms with Gasteiger partial charge in [0.2, 0.25) is 0 Å². The summed E-state index contributed by atoms with van der Waals surface area (Å²) in [5.41, 5.74) is -2.52. The van der Waals surface area contributed by atoms with Crippen molar-refractivity contribution in [1.29, 1.82) is 0 Å². The van der Waals surface area contributed by atoms with Crippen LogP contribution in [0.25, 0.3) is 11.1 Å². The van der Waals surface area contributed by atoms with E-state index in [1.54, 1.807) is 0 Å². The van der Waals surface area contributed by atoms with Crippen molar-refractivity contribution in [3.8, 4) is 11.1 Å². The molecule has 0 aliphatic carbocycles. The van der Waals surface area contributed by atoms with E-state index in [0.29, 0.717) is 6.07 Å². The number of alkyl halides is 3. The van der Waals surface area contributed by atoms with Crippen molar-refractivity contribution in [2.75, 3.05) is 0 Å². The molecule has 7 heteroatoms. The number of aromatic carboxylic acids is 1. The van der Waals surface area contributed by atoms with Crippen LogP contribution in [0.3, 0.4) is 0 Å². The fourth-order valence-electron chi connectivity index (χ4n) is 2.09. The summed E-state index contributed by atoms with van der Waals surface area (Å²) >= 11 is 0. The van der Waals surface area contributed by atoms with Gasteiger partial charge in [0.1, 0.15) is 11.6 Å². The van der Waals surface area contributed by atoms with E-state index < -0.39 is 40.5 Å². The van der Waals surface area contributed by atoms with Crippen LogP contribution in [0.1, 0.15) is 21.5 Å². The Morgan fingerprint density at radius 2 is 1.73 bits per heavy atom. The number of rotatable bonds is 2. The molecule has 0 atom stereocenters. The number of halogens is 5. The molecule has 0 saturated carbocycles. The third kappa shape index (κ3) is 2.79. The quantitative estimate of drug-likeness (QED) is 0.818. The zero-order valence-corrected chi connectivity index (χ0v) is 11.1. The highest BCUT2D eigenvalue weighted by molar-refractivity contribution is 5.89. The lowest BCUT2D eigenvalue weighted by molar-refractivity contribution is -0.139. The Bertz CT molecular complexity index is 750. The van der Waals surface area contributed by atoms with Gasteiger partial charge in [-0.15, -0.1) is 0 Å². The molecule has 116 valence electrons. The Morgan fingerprint density at radius 1 is 1.09 bits per heavy atom. The zero-order chi connectivity index (χ0) is 16.7. The number of carboxylic acids is 1. The van der Waals surface area contributed by atoms with Crippen LogP contribution >= 0.6 is 0 Å². The average Bonchev–Trinajstić information content (AvgIpc) is 2.40. The Hall–Kier alpha value is -2.44. The van der Waals surface area contributed by atoms with Crippen molar-refractivity contribution in [2.24, 2.45) is 0 Å². The molecule has 2 aromatic rings. The summed E-state index contributed by atoms with van der Waals surface area (Å²) in [7, 11) is 0. The van der Waals surface area contributed by atoms with Crippen molar-refractivity contribution in [1.82, 2.24) is 0 Å². The first-order chi connectivity index (χ1) is 10.1. The largest absolute Gasteiger partial charge is 0.478 e. The van der Waals surface area contributed by atoms with Gasteiger partial charge in [-0.25, -0.2) is 13.6 Å². The van der Waals surface area contributed by atoms with Crippen LogP contribution in [0, 0.1) is 18.6 Å². The normalized spacial score (nSPS) is 11.5. The molecule has 0 unspecified atom stereocenters. The van der Waals surface area contributed by atoms with E-state index in [1.165, 1.54) is 6.92 Å². The molecule has 0 heterocycles. The summed E-state index contributed by atoms with van der Waals surface area (Å²) in [6.45, 7) is 1.36. The van der Waals surface area contributed by atoms with Gasteiger partial charge in [-0.2, -0.15) is 13.2 Å². The van der Waals surface area contributed by atoms with Gasteiger partial charge in [-0.05, 0) is 36.2 Å². The van der Waals surface area contributed by atoms with Crippen LogP contribution < -0.4 is 0 Å². The lowest BCUT2D eigenvalue weighted by atomic mass is 9.96. The molecule has 0 saturated heterocycles. The molecule has 0 bridgehead atoms. The van der Waals surface area contributed by atoms with Gasteiger partial charge in [-0.1, -0.05) is 12.1 Å². The summed E-state index contributed by atoms with van der Waals surface area (Å²) < 4.78 is 65.9. The monoisotopic (exact) mass is 316 g/mol. The Morgan fingerprint density at radius 3 is 2.27 bits per heavy atom. The molecule has 1 N–H and O–H groups in total. The van der Waals surface area contributed by atoms with E-state index in [2.05, 4.69) is 0 Å². The van der Waals surface area contributed by atoms with Gasteiger partial charge in [0.05, 0.1) is 11.1 Å². The lowest BCUT2D eigenvalue weighted by Crippen LogP contribution is -2.09. The summed E-state index contributed by atoms with van der Waals surface area (Å²) in [6, 6.07) is 4.33. The molecule has 0 amide bonds. The predicted molar refractivity (Wildman–Crippen MR) is 68.5 cm³/mol. The van der Waals surface area contributed by atoms with Crippen LogP contribution in [0.2, 0.25) is 0 Å². The summed E-state index contributed by atoms with van der Waals surface area (Å²) in [5.74, 6) is -4.19. The van der Waals surface area contributed by atoms with E-state index >= 15 is 0 Å². The van der Waals surface area contributed by atoms with E-state index in [0.717, 1.165) is 24.3 Å². The zero-order valence-electron chi connectivity index (χ0n) is 11.1. The van der Waals surface area contributed by atoms with Gasteiger partial charge in [-0.3, -0.25) is 0 Å². The van der Waals surface area contributed by atoms with Gasteiger partial charge in [0, 0.05) is 5.56 Å². The molecule has 0 spiro atoms. The average molecular weight is 316 g/mol. The number of benzene rings is 2. The SMILES string of the molecule is Cc1cc(C(=O)O)c(F)cc1-c1cccc(C(F)(F)F)c1F. The Labute approximate surface area is 121 Å². The van der Waals surface area contributed by atoms with Gasteiger partial charge >= 0.3 is 12.1 Å². The second-order valence-electron chi connectivity index (χ2n) is 4.62. The summed E-state index contributed by atoms with van der Waals surface area (Å²) in [4.78, 5) is 10.8. The van der Waals surface area contributed by atoms with Gasteiger partial charge in [0.15, 0.2) is 0 Å². The summed E-state index contributed by atoms with van der Waals surface area (Å²) in [6.07, 6.45) is -4.88. The minimum Gasteiger partial charge on any atom is -0.478 e. The number of carboxylic acid groups (broad SMARTS) is 1. The van der Waals surface area contributed by atoms with Crippen LogP contribution in [0.5, 0.6) is 0 Å². The minimum absolute atomic E-state index is 0.133. The first-order valence-electron chi connectivity index (χ1n) is 6.02. The van der Waals surface area contributed by atoms with Crippen molar-refractivity contribution in [3.05, 3.63) is 58.7 Å². The molecular weight excluding hydrogens is 307 g/mol. The number of hydrogen-bond donors (Lipinski definition) is 1. The smallest absolute Gasteiger partial charge is 0.419 e. The highest BCUT2D eigenvalue weighted by atomic mass is 19.4. The van der Waals surface area contributed by atoms with Gasteiger partial charge < -0.3 is 5.11 Å². The third-order valence-electron chi connectivity index (χ3n) is 3.14. The summed E-state index contributed by atoms with van der Waals surface area (Å²) in [5, 5.41) is 8.79. The molecule has 0 aliphatic heterocycles. The van der Waals surface area contributed by atoms with E-state index in [-0.39, 0.29) is 11.1 Å². The second-order valence-corrected chi connectivity index (χ2v) is 4.62. The molecule has 0 fully saturated rings. The van der Waals surface area contributed by atoms with Crippen molar-refractivity contribution in [3.63, 3.8) is 0 Å². The molecule has 22 heavy (non-hydrogen) atoms. The van der Waals surface area contributed by atoms with Crippen LogP contribution in [-0.4, -0.2) is 11.1 Å². The maximum Gasteiger partial charge on any atom is 0.419 e. The van der Waals surface area contributed by atoms with Crippen molar-refractivity contribution < 1.29 is 31.9 Å². The molecule has 2 nitrogen and oxygen atoms in total. The van der Waals surface area contributed by atoms with Crippen molar-refractivity contribution in [2.45, 2.75) is 13.1 Å². The molecule has 0 aliphatic rings.